The van der Waals surface area contributed by atoms with Gasteiger partial charge >= 0.3 is 0 Å². The summed E-state index contributed by atoms with van der Waals surface area (Å²) in [5.41, 5.74) is -0.156. The minimum Gasteiger partial charge on any atom is -0.390 e. The van der Waals surface area contributed by atoms with Gasteiger partial charge in [-0.15, -0.1) is 0 Å². The van der Waals surface area contributed by atoms with E-state index in [4.69, 9.17) is 0 Å². The maximum atomic E-state index is 12.5. The topological polar surface area (TPSA) is 37.3 Å². The number of Topliss-reactive ketones (excluding diaryl/α,β-unsaturated/α-hetero) is 1. The highest BCUT2D eigenvalue weighted by Gasteiger charge is 2.58. The van der Waals surface area contributed by atoms with Crippen LogP contribution in [0.25, 0.3) is 0 Å². The van der Waals surface area contributed by atoms with Crippen molar-refractivity contribution in [3.05, 3.63) is 0 Å². The Morgan fingerprint density at radius 2 is 1.75 bits per heavy atom. The lowest BCUT2D eigenvalue weighted by Gasteiger charge is -2.56. The molecule has 0 aromatic heterocycles. The van der Waals surface area contributed by atoms with Crippen LogP contribution in [0.4, 0.5) is 0 Å². The molecular weight excluding hydrogens is 364 g/mol. The van der Waals surface area contributed by atoms with Crippen molar-refractivity contribution < 1.29 is 9.90 Å². The van der Waals surface area contributed by atoms with Gasteiger partial charge in [-0.05, 0) is 99.7 Å². The van der Waals surface area contributed by atoms with Gasteiger partial charge in [0.15, 0.2) is 0 Å². The number of aliphatic hydroxyl groups is 1. The van der Waals surface area contributed by atoms with Crippen LogP contribution in [-0.4, -0.2) is 21.8 Å². The average molecular weight is 397 g/mol. The van der Waals surface area contributed by atoms with Crippen molar-refractivity contribution in [2.45, 2.75) is 77.2 Å². The molecule has 0 aliphatic heterocycles. The minimum atomic E-state index is -0.419. The van der Waals surface area contributed by atoms with E-state index in [9.17, 15) is 9.90 Å². The van der Waals surface area contributed by atoms with Crippen molar-refractivity contribution in [3.63, 3.8) is 0 Å². The molecule has 0 saturated heterocycles. The Morgan fingerprint density at radius 1 is 1.00 bits per heavy atom. The van der Waals surface area contributed by atoms with Crippen LogP contribution >= 0.6 is 15.9 Å². The first-order valence-corrected chi connectivity index (χ1v) is 11.3. The fraction of sp³-hybridized carbons (Fsp3) is 0.952. The van der Waals surface area contributed by atoms with E-state index in [1.807, 2.05) is 6.92 Å². The first-order chi connectivity index (χ1) is 11.4. The van der Waals surface area contributed by atoms with Gasteiger partial charge in [-0.25, -0.2) is 0 Å². The molecule has 2 nitrogen and oxygen atoms in total. The van der Waals surface area contributed by atoms with Crippen LogP contribution in [0.3, 0.4) is 0 Å². The minimum absolute atomic E-state index is 0.263. The molecule has 4 saturated carbocycles. The molecule has 0 aromatic carbocycles. The summed E-state index contributed by atoms with van der Waals surface area (Å²) in [4.78, 5) is 12.5. The molecule has 0 aromatic rings. The second-order valence-corrected chi connectivity index (χ2v) is 10.5. The van der Waals surface area contributed by atoms with E-state index >= 15 is 0 Å². The van der Waals surface area contributed by atoms with Crippen molar-refractivity contribution in [2.75, 3.05) is 5.33 Å². The Hall–Kier alpha value is 0.110. The molecule has 136 valence electrons. The number of carbonyl (C=O) groups is 1. The highest BCUT2D eigenvalue weighted by molar-refractivity contribution is 9.09. The summed E-state index contributed by atoms with van der Waals surface area (Å²) in [6, 6.07) is 0. The largest absolute Gasteiger partial charge is 0.390 e. The first kappa shape index (κ1) is 17.5. The molecule has 4 fully saturated rings. The van der Waals surface area contributed by atoms with Gasteiger partial charge in [-0.2, -0.15) is 0 Å². The summed E-state index contributed by atoms with van der Waals surface area (Å²) in [5.74, 6) is 4.83. The first-order valence-electron chi connectivity index (χ1n) is 10.2. The molecule has 8 atom stereocenters. The van der Waals surface area contributed by atoms with E-state index in [0.717, 1.165) is 48.9 Å². The number of halogens is 1. The van der Waals surface area contributed by atoms with Crippen molar-refractivity contribution in [1.29, 1.82) is 0 Å². The van der Waals surface area contributed by atoms with Gasteiger partial charge in [-0.1, -0.05) is 22.9 Å². The molecule has 0 heterocycles. The fourth-order valence-electron chi connectivity index (χ4n) is 7.70. The normalized spacial score (nSPS) is 53.8. The Kier molecular flexibility index (Phi) is 4.44. The van der Waals surface area contributed by atoms with Gasteiger partial charge in [0.2, 0.25) is 0 Å². The highest BCUT2D eigenvalue weighted by atomic mass is 79.9. The standard InChI is InChI=1S/C21H33BrO2/c1-20(24)9-7-14-13(11-20)3-4-16-15(14)8-10-21(2)17(16)5-6-18(21)19(23)12-22/h13-18,24H,3-12H2,1-2H3/t13-,14-,15+,16+,17-,18+,20+,21-/m0/s1. The van der Waals surface area contributed by atoms with Crippen LogP contribution in [0.15, 0.2) is 0 Å². The highest BCUT2D eigenvalue weighted by Crippen LogP contribution is 2.64. The van der Waals surface area contributed by atoms with Crippen LogP contribution < -0.4 is 0 Å². The third-order valence-electron chi connectivity index (χ3n) is 8.76. The summed E-state index contributed by atoms with van der Waals surface area (Å²) in [5, 5.41) is 11.0. The predicted octanol–water partition coefficient (Wildman–Crippen LogP) is 4.97. The van der Waals surface area contributed by atoms with Gasteiger partial charge in [0.1, 0.15) is 5.78 Å². The quantitative estimate of drug-likeness (QED) is 0.668. The van der Waals surface area contributed by atoms with Crippen molar-refractivity contribution in [1.82, 2.24) is 0 Å². The van der Waals surface area contributed by atoms with E-state index in [2.05, 4.69) is 22.9 Å². The van der Waals surface area contributed by atoms with Gasteiger partial charge in [0.05, 0.1) is 10.9 Å². The summed E-state index contributed by atoms with van der Waals surface area (Å²) in [6.07, 6.45) is 10.9. The molecule has 24 heavy (non-hydrogen) atoms. The number of hydrogen-bond acceptors (Lipinski definition) is 2. The lowest BCUT2D eigenvalue weighted by Crippen LogP contribution is -2.51. The molecular formula is C21H33BrO2. The van der Waals surface area contributed by atoms with E-state index < -0.39 is 5.60 Å². The van der Waals surface area contributed by atoms with Crippen molar-refractivity contribution >= 4 is 21.7 Å². The third kappa shape index (κ3) is 2.64. The average Bonchev–Trinajstić information content (AvgIpc) is 2.90. The van der Waals surface area contributed by atoms with Crippen LogP contribution in [0.5, 0.6) is 0 Å². The molecule has 4 rings (SSSR count). The fourth-order valence-corrected chi connectivity index (χ4v) is 8.09. The number of hydrogen-bond donors (Lipinski definition) is 1. The van der Waals surface area contributed by atoms with E-state index in [1.54, 1.807) is 0 Å². The summed E-state index contributed by atoms with van der Waals surface area (Å²) < 4.78 is 0. The third-order valence-corrected chi connectivity index (χ3v) is 9.31. The van der Waals surface area contributed by atoms with Crippen molar-refractivity contribution in [2.24, 2.45) is 40.9 Å². The Balaban J connectivity index is 1.54. The molecule has 0 spiro atoms. The molecule has 0 amide bonds. The SMILES string of the molecule is C[C@@]1(O)CC[C@H]2[C@@H](CC[C@@H]3[C@@H]2CC[C@]2(C)[C@@H](C(=O)CBr)CC[C@@H]32)C1. The van der Waals surface area contributed by atoms with Crippen molar-refractivity contribution in [3.8, 4) is 0 Å². The monoisotopic (exact) mass is 396 g/mol. The molecule has 3 heteroatoms. The number of alkyl halides is 1. The van der Waals surface area contributed by atoms with E-state index in [-0.39, 0.29) is 5.41 Å². The smallest absolute Gasteiger partial charge is 0.147 e. The lowest BCUT2D eigenvalue weighted by atomic mass is 9.49. The van der Waals surface area contributed by atoms with Gasteiger partial charge < -0.3 is 5.11 Å². The molecule has 1 N–H and O–H groups in total. The Morgan fingerprint density at radius 3 is 2.50 bits per heavy atom. The lowest BCUT2D eigenvalue weighted by molar-refractivity contribution is -0.129. The summed E-state index contributed by atoms with van der Waals surface area (Å²) in [7, 11) is 0. The number of fused-ring (bicyclic) bond motifs is 5. The van der Waals surface area contributed by atoms with Crippen LogP contribution in [0.2, 0.25) is 0 Å². The molecule has 0 radical (unpaired) electrons. The number of rotatable bonds is 2. The second-order valence-electron chi connectivity index (χ2n) is 9.95. The Labute approximate surface area is 155 Å². The molecule has 4 aliphatic rings. The summed E-state index contributed by atoms with van der Waals surface area (Å²) >= 11 is 3.42. The maximum Gasteiger partial charge on any atom is 0.147 e. The van der Waals surface area contributed by atoms with E-state index in [1.165, 1.54) is 38.5 Å². The summed E-state index contributed by atoms with van der Waals surface area (Å²) in [6.45, 7) is 4.48. The number of ketones is 1. The maximum absolute atomic E-state index is 12.5. The molecule has 0 unspecified atom stereocenters. The molecule has 4 aliphatic carbocycles. The van der Waals surface area contributed by atoms with Crippen LogP contribution in [0, 0.1) is 40.9 Å². The zero-order chi connectivity index (χ0) is 17.1. The zero-order valence-electron chi connectivity index (χ0n) is 15.3. The zero-order valence-corrected chi connectivity index (χ0v) is 16.9. The molecule has 0 bridgehead atoms. The van der Waals surface area contributed by atoms with Gasteiger partial charge in [0, 0.05) is 5.92 Å². The Bertz CT molecular complexity index is 516. The van der Waals surface area contributed by atoms with Crippen LogP contribution in [-0.2, 0) is 4.79 Å². The second kappa shape index (κ2) is 6.08. The van der Waals surface area contributed by atoms with Crippen LogP contribution in [0.1, 0.15) is 71.6 Å². The number of carbonyl (C=O) groups excluding carboxylic acids is 1. The van der Waals surface area contributed by atoms with E-state index in [0.29, 0.717) is 17.0 Å². The predicted molar refractivity (Wildman–Crippen MR) is 100 cm³/mol. The van der Waals surface area contributed by atoms with Gasteiger partial charge in [-0.3, -0.25) is 4.79 Å². The van der Waals surface area contributed by atoms with Gasteiger partial charge in [0.25, 0.3) is 0 Å².